The van der Waals surface area contributed by atoms with Crippen LogP contribution in [0.15, 0.2) is 24.3 Å². The summed E-state index contributed by atoms with van der Waals surface area (Å²) in [6, 6.07) is 6.45. The maximum Gasteiger partial charge on any atom is 0.313 e. The van der Waals surface area contributed by atoms with Crippen molar-refractivity contribution in [3.63, 3.8) is 0 Å². The largest absolute Gasteiger partial charge is 0.359 e. The average molecular weight is 306 g/mol. The van der Waals surface area contributed by atoms with Gasteiger partial charge in [-0.05, 0) is 24.6 Å². The predicted molar refractivity (Wildman–Crippen MR) is 81.1 cm³/mol. The lowest BCUT2D eigenvalue weighted by Gasteiger charge is -2.08. The zero-order valence-corrected chi connectivity index (χ0v) is 12.1. The molecule has 8 heteroatoms. The van der Waals surface area contributed by atoms with Crippen LogP contribution < -0.4 is 21.3 Å². The van der Waals surface area contributed by atoms with Crippen molar-refractivity contribution in [2.45, 2.75) is 13.3 Å². The third-order valence-corrected chi connectivity index (χ3v) is 2.51. The lowest BCUT2D eigenvalue weighted by Crippen LogP contribution is -2.36. The van der Waals surface area contributed by atoms with Crippen molar-refractivity contribution in [3.8, 4) is 0 Å². The first kappa shape index (κ1) is 17.2. The molecule has 0 radical (unpaired) electrons. The number of anilines is 2. The molecule has 8 nitrogen and oxygen atoms in total. The van der Waals surface area contributed by atoms with Crippen LogP contribution in [0.5, 0.6) is 0 Å². The van der Waals surface area contributed by atoms with E-state index >= 15 is 0 Å². The molecule has 0 bridgehead atoms. The summed E-state index contributed by atoms with van der Waals surface area (Å²) in [6.45, 7) is 2.07. The standard InChI is InChI=1S/C14H18N4O4/c1-10(20)17-11-4-2-5-12(8-11)18-14(22)13(21)16-7-3-6-15-9-19/h2,4-5,8-9H,3,6-7H2,1H3,(H,15,19)(H,16,21)(H,17,20)(H,18,22). The number of hydrogen-bond donors (Lipinski definition) is 4. The van der Waals surface area contributed by atoms with Crippen molar-refractivity contribution < 1.29 is 19.2 Å². The van der Waals surface area contributed by atoms with Crippen molar-refractivity contribution in [1.82, 2.24) is 10.6 Å². The molecule has 1 aromatic carbocycles. The van der Waals surface area contributed by atoms with Crippen LogP contribution >= 0.6 is 0 Å². The molecule has 1 aromatic rings. The van der Waals surface area contributed by atoms with E-state index in [0.29, 0.717) is 30.8 Å². The van der Waals surface area contributed by atoms with Crippen molar-refractivity contribution in [2.75, 3.05) is 23.7 Å². The summed E-state index contributed by atoms with van der Waals surface area (Å²) in [7, 11) is 0. The maximum absolute atomic E-state index is 11.7. The molecular weight excluding hydrogens is 288 g/mol. The van der Waals surface area contributed by atoms with Crippen molar-refractivity contribution >= 4 is 35.5 Å². The molecule has 22 heavy (non-hydrogen) atoms. The highest BCUT2D eigenvalue weighted by atomic mass is 16.2. The van der Waals surface area contributed by atoms with Gasteiger partial charge in [-0.1, -0.05) is 6.07 Å². The fourth-order valence-corrected chi connectivity index (χ4v) is 1.60. The van der Waals surface area contributed by atoms with Gasteiger partial charge in [0.25, 0.3) is 0 Å². The molecule has 1 rings (SSSR count). The molecule has 0 fully saturated rings. The van der Waals surface area contributed by atoms with E-state index in [1.54, 1.807) is 24.3 Å². The Kier molecular flexibility index (Phi) is 7.10. The maximum atomic E-state index is 11.7. The lowest BCUT2D eigenvalue weighted by molar-refractivity contribution is -0.136. The Morgan fingerprint density at radius 1 is 1.05 bits per heavy atom. The van der Waals surface area contributed by atoms with Crippen LogP contribution in [0.3, 0.4) is 0 Å². The van der Waals surface area contributed by atoms with E-state index in [2.05, 4.69) is 21.3 Å². The Bertz CT molecular complexity index is 560. The Balaban J connectivity index is 2.45. The second-order valence-electron chi connectivity index (χ2n) is 4.40. The molecule has 118 valence electrons. The third-order valence-electron chi connectivity index (χ3n) is 2.51. The Morgan fingerprint density at radius 2 is 1.73 bits per heavy atom. The van der Waals surface area contributed by atoms with E-state index in [1.165, 1.54) is 6.92 Å². The van der Waals surface area contributed by atoms with Gasteiger partial charge < -0.3 is 21.3 Å². The lowest BCUT2D eigenvalue weighted by atomic mass is 10.2. The molecule has 0 saturated carbocycles. The number of amides is 4. The molecule has 0 aliphatic carbocycles. The summed E-state index contributed by atoms with van der Waals surface area (Å²) >= 11 is 0. The first-order chi connectivity index (χ1) is 10.5. The zero-order chi connectivity index (χ0) is 16.4. The van der Waals surface area contributed by atoms with Gasteiger partial charge in [0.2, 0.25) is 12.3 Å². The highest BCUT2D eigenvalue weighted by molar-refractivity contribution is 6.39. The highest BCUT2D eigenvalue weighted by Gasteiger charge is 2.13. The molecule has 4 N–H and O–H groups in total. The predicted octanol–water partition coefficient (Wildman–Crippen LogP) is -0.164. The first-order valence-corrected chi connectivity index (χ1v) is 6.67. The Morgan fingerprint density at radius 3 is 2.36 bits per heavy atom. The third kappa shape index (κ3) is 6.51. The van der Waals surface area contributed by atoms with Gasteiger partial charge in [0, 0.05) is 31.4 Å². The first-order valence-electron chi connectivity index (χ1n) is 6.67. The Hall–Kier alpha value is -2.90. The normalized spacial score (nSPS) is 9.50. The molecular formula is C14H18N4O4. The number of hydrogen-bond acceptors (Lipinski definition) is 4. The number of carbonyl (C=O) groups is 4. The van der Waals surface area contributed by atoms with Crippen LogP contribution in [0.4, 0.5) is 11.4 Å². The van der Waals surface area contributed by atoms with Gasteiger partial charge in [-0.15, -0.1) is 0 Å². The minimum atomic E-state index is -0.802. The Labute approximate surface area is 127 Å². The van der Waals surface area contributed by atoms with Gasteiger partial charge in [0.1, 0.15) is 0 Å². The minimum Gasteiger partial charge on any atom is -0.359 e. The highest BCUT2D eigenvalue weighted by Crippen LogP contribution is 2.14. The topological polar surface area (TPSA) is 116 Å². The van der Waals surface area contributed by atoms with E-state index in [-0.39, 0.29) is 12.5 Å². The van der Waals surface area contributed by atoms with E-state index in [9.17, 15) is 19.2 Å². The molecule has 0 spiro atoms. The van der Waals surface area contributed by atoms with Gasteiger partial charge >= 0.3 is 11.8 Å². The second kappa shape index (κ2) is 9.11. The number of nitrogens with one attached hydrogen (secondary N) is 4. The van der Waals surface area contributed by atoms with Gasteiger partial charge in [0.05, 0.1) is 0 Å². The fraction of sp³-hybridized carbons (Fsp3) is 0.286. The van der Waals surface area contributed by atoms with Crippen molar-refractivity contribution in [2.24, 2.45) is 0 Å². The second-order valence-corrected chi connectivity index (χ2v) is 4.40. The van der Waals surface area contributed by atoms with Gasteiger partial charge in [0.15, 0.2) is 0 Å². The number of benzene rings is 1. The summed E-state index contributed by atoms with van der Waals surface area (Å²) in [5.41, 5.74) is 0.916. The van der Waals surface area contributed by atoms with Crippen molar-refractivity contribution in [3.05, 3.63) is 24.3 Å². The van der Waals surface area contributed by atoms with E-state index in [4.69, 9.17) is 0 Å². The summed E-state index contributed by atoms with van der Waals surface area (Å²) < 4.78 is 0. The molecule has 0 aliphatic rings. The summed E-state index contributed by atoms with van der Waals surface area (Å²) in [5.74, 6) is -1.80. The molecule has 0 unspecified atom stereocenters. The van der Waals surface area contributed by atoms with Crippen molar-refractivity contribution in [1.29, 1.82) is 0 Å². The van der Waals surface area contributed by atoms with Gasteiger partial charge in [-0.25, -0.2) is 0 Å². The van der Waals surface area contributed by atoms with Crippen LogP contribution in [0, 0.1) is 0 Å². The van der Waals surface area contributed by atoms with Crippen LogP contribution in [0.2, 0.25) is 0 Å². The van der Waals surface area contributed by atoms with Gasteiger partial charge in [-0.2, -0.15) is 0 Å². The number of rotatable bonds is 7. The number of carbonyl (C=O) groups excluding carboxylic acids is 4. The van der Waals surface area contributed by atoms with Crippen LogP contribution in [-0.4, -0.2) is 37.2 Å². The SMILES string of the molecule is CC(=O)Nc1cccc(NC(=O)C(=O)NCCCNC=O)c1. The van der Waals surface area contributed by atoms with E-state index in [0.717, 1.165) is 0 Å². The zero-order valence-electron chi connectivity index (χ0n) is 12.1. The molecule has 0 aliphatic heterocycles. The van der Waals surface area contributed by atoms with Crippen LogP contribution in [-0.2, 0) is 19.2 Å². The quantitative estimate of drug-likeness (QED) is 0.318. The molecule has 0 heterocycles. The smallest absolute Gasteiger partial charge is 0.313 e. The van der Waals surface area contributed by atoms with Crippen LogP contribution in [0.25, 0.3) is 0 Å². The molecule has 0 saturated heterocycles. The molecule has 0 aromatic heterocycles. The minimum absolute atomic E-state index is 0.231. The van der Waals surface area contributed by atoms with E-state index in [1.807, 2.05) is 0 Å². The fourth-order valence-electron chi connectivity index (χ4n) is 1.60. The summed E-state index contributed by atoms with van der Waals surface area (Å²) in [4.78, 5) is 44.2. The van der Waals surface area contributed by atoms with Crippen LogP contribution in [0.1, 0.15) is 13.3 Å². The summed E-state index contributed by atoms with van der Waals surface area (Å²) in [5, 5.41) is 9.89. The summed E-state index contributed by atoms with van der Waals surface area (Å²) in [6.07, 6.45) is 1.09. The average Bonchev–Trinajstić information content (AvgIpc) is 2.46. The molecule has 4 amide bonds. The van der Waals surface area contributed by atoms with Gasteiger partial charge in [-0.3, -0.25) is 19.2 Å². The molecule has 0 atom stereocenters. The van der Waals surface area contributed by atoms with E-state index < -0.39 is 11.8 Å². The monoisotopic (exact) mass is 306 g/mol.